The number of nitrogens with zero attached hydrogens (tertiary/aromatic N) is 2. The molecule has 0 unspecified atom stereocenters. The van der Waals surface area contributed by atoms with E-state index in [2.05, 4.69) is 98.5 Å². The Morgan fingerprint density at radius 1 is 0.536 bits per heavy atom. The van der Waals surface area contributed by atoms with Gasteiger partial charge in [0.25, 0.3) is 0 Å². The summed E-state index contributed by atoms with van der Waals surface area (Å²) < 4.78 is 1.03. The summed E-state index contributed by atoms with van der Waals surface area (Å²) in [6.45, 7) is 0. The van der Waals surface area contributed by atoms with Gasteiger partial charge >= 0.3 is 0 Å². The zero-order valence-electron chi connectivity index (χ0n) is 15.1. The summed E-state index contributed by atoms with van der Waals surface area (Å²) in [5, 5.41) is 0. The minimum Gasteiger partial charge on any atom is -0.307 e. The van der Waals surface area contributed by atoms with Crippen molar-refractivity contribution in [2.75, 3.05) is 9.80 Å². The van der Waals surface area contributed by atoms with Gasteiger partial charge in [-0.1, -0.05) is 60.1 Å². The van der Waals surface area contributed by atoms with Gasteiger partial charge in [-0.3, -0.25) is 0 Å². The highest BCUT2D eigenvalue weighted by Gasteiger charge is 2.32. The van der Waals surface area contributed by atoms with Gasteiger partial charge in [0.15, 0.2) is 0 Å². The Hall–Kier alpha value is -2.98. The van der Waals surface area contributed by atoms with Crippen LogP contribution in [0, 0.1) is 0 Å². The SMILES string of the molecule is [B]c1cccc2c1N(c1ccccc1)c1cccc(Br)c1N2c1ccccc1. The molecule has 0 fully saturated rings. The number of fused-ring (bicyclic) bond motifs is 2. The summed E-state index contributed by atoms with van der Waals surface area (Å²) in [6, 6.07) is 33.1. The zero-order chi connectivity index (χ0) is 19.1. The molecule has 1 heterocycles. The molecule has 1 aliphatic heterocycles. The molecule has 4 aromatic carbocycles. The average Bonchev–Trinajstić information content (AvgIpc) is 2.74. The molecule has 5 rings (SSSR count). The van der Waals surface area contributed by atoms with Gasteiger partial charge in [-0.15, -0.1) is 0 Å². The smallest absolute Gasteiger partial charge is 0.116 e. The van der Waals surface area contributed by atoms with Crippen LogP contribution < -0.4 is 15.3 Å². The summed E-state index contributed by atoms with van der Waals surface area (Å²) in [7, 11) is 6.52. The standard InChI is InChI=1S/C24H16BBrN2/c25-19-13-7-15-21-23(19)27(17-9-3-1-4-10-17)22-16-8-14-20(26)24(22)28(21)18-11-5-2-6-12-18/h1-16H. The van der Waals surface area contributed by atoms with E-state index in [9.17, 15) is 0 Å². The highest BCUT2D eigenvalue weighted by Crippen LogP contribution is 2.55. The molecule has 0 spiro atoms. The Bertz CT molecular complexity index is 1050. The second kappa shape index (κ2) is 6.88. The van der Waals surface area contributed by atoms with Gasteiger partial charge in [-0.25, -0.2) is 0 Å². The lowest BCUT2D eigenvalue weighted by Gasteiger charge is -2.41. The van der Waals surface area contributed by atoms with E-state index >= 15 is 0 Å². The number of benzene rings is 4. The molecule has 4 aromatic rings. The highest BCUT2D eigenvalue weighted by molar-refractivity contribution is 9.10. The molecule has 132 valence electrons. The molecular formula is C24H16BBrN2. The molecule has 0 aromatic heterocycles. The van der Waals surface area contributed by atoms with Crippen molar-refractivity contribution in [1.29, 1.82) is 0 Å². The maximum Gasteiger partial charge on any atom is 0.116 e. The Balaban J connectivity index is 1.87. The lowest BCUT2D eigenvalue weighted by molar-refractivity contribution is 1.17. The van der Waals surface area contributed by atoms with Crippen molar-refractivity contribution in [3.8, 4) is 0 Å². The van der Waals surface area contributed by atoms with Gasteiger partial charge in [0, 0.05) is 15.8 Å². The van der Waals surface area contributed by atoms with Crippen molar-refractivity contribution < 1.29 is 0 Å². The highest BCUT2D eigenvalue weighted by atomic mass is 79.9. The molecule has 4 heteroatoms. The predicted molar refractivity (Wildman–Crippen MR) is 122 cm³/mol. The largest absolute Gasteiger partial charge is 0.307 e. The first kappa shape index (κ1) is 17.1. The molecule has 0 saturated carbocycles. The minimum atomic E-state index is 0.743. The summed E-state index contributed by atoms with van der Waals surface area (Å²) in [5.74, 6) is 0. The van der Waals surface area contributed by atoms with E-state index in [4.69, 9.17) is 7.85 Å². The van der Waals surface area contributed by atoms with E-state index in [1.807, 2.05) is 24.3 Å². The molecule has 0 atom stereocenters. The molecule has 0 saturated heterocycles. The molecule has 0 bridgehead atoms. The van der Waals surface area contributed by atoms with Crippen molar-refractivity contribution in [3.63, 3.8) is 0 Å². The van der Waals surface area contributed by atoms with E-state index in [1.54, 1.807) is 0 Å². The van der Waals surface area contributed by atoms with Gasteiger partial charge in [0.1, 0.15) is 7.85 Å². The van der Waals surface area contributed by atoms with Crippen molar-refractivity contribution in [3.05, 3.63) is 102 Å². The van der Waals surface area contributed by atoms with Crippen LogP contribution in [0.5, 0.6) is 0 Å². The normalized spacial score (nSPS) is 12.5. The van der Waals surface area contributed by atoms with Crippen LogP contribution in [0.4, 0.5) is 34.1 Å². The first-order valence-electron chi connectivity index (χ1n) is 9.13. The molecular weight excluding hydrogens is 407 g/mol. The second-order valence-corrected chi connectivity index (χ2v) is 7.52. The predicted octanol–water partition coefficient (Wildman–Crippen LogP) is 6.50. The Labute approximate surface area is 174 Å². The van der Waals surface area contributed by atoms with Gasteiger partial charge in [-0.05, 0) is 58.4 Å². The van der Waals surface area contributed by atoms with Crippen LogP contribution in [-0.4, -0.2) is 7.85 Å². The lowest BCUT2D eigenvalue weighted by Crippen LogP contribution is -2.29. The van der Waals surface area contributed by atoms with E-state index in [-0.39, 0.29) is 0 Å². The fourth-order valence-corrected chi connectivity index (χ4v) is 4.34. The van der Waals surface area contributed by atoms with Crippen molar-refractivity contribution in [2.45, 2.75) is 0 Å². The number of hydrogen-bond acceptors (Lipinski definition) is 2. The van der Waals surface area contributed by atoms with Crippen LogP contribution in [0.1, 0.15) is 0 Å². The second-order valence-electron chi connectivity index (χ2n) is 6.66. The fourth-order valence-electron chi connectivity index (χ4n) is 3.81. The Kier molecular flexibility index (Phi) is 4.21. The van der Waals surface area contributed by atoms with Crippen LogP contribution in [0.25, 0.3) is 0 Å². The lowest BCUT2D eigenvalue weighted by atomic mass is 9.90. The van der Waals surface area contributed by atoms with Crippen LogP contribution in [0.3, 0.4) is 0 Å². The summed E-state index contributed by atoms with van der Waals surface area (Å²) in [5.41, 5.74) is 7.12. The molecule has 0 aliphatic carbocycles. The van der Waals surface area contributed by atoms with Crippen LogP contribution in [0.15, 0.2) is 102 Å². The third-order valence-corrected chi connectivity index (χ3v) is 5.61. The molecule has 1 aliphatic rings. The van der Waals surface area contributed by atoms with Crippen molar-refractivity contribution >= 4 is 63.4 Å². The summed E-state index contributed by atoms with van der Waals surface area (Å²) in [4.78, 5) is 4.51. The van der Waals surface area contributed by atoms with Gasteiger partial charge < -0.3 is 9.80 Å². The Morgan fingerprint density at radius 3 is 1.64 bits per heavy atom. The average molecular weight is 423 g/mol. The zero-order valence-corrected chi connectivity index (χ0v) is 16.7. The van der Waals surface area contributed by atoms with Crippen LogP contribution in [-0.2, 0) is 0 Å². The maximum atomic E-state index is 6.52. The maximum absolute atomic E-state index is 6.52. The number of anilines is 6. The monoisotopic (exact) mass is 422 g/mol. The van der Waals surface area contributed by atoms with Crippen molar-refractivity contribution in [1.82, 2.24) is 0 Å². The molecule has 0 N–H and O–H groups in total. The first-order valence-corrected chi connectivity index (χ1v) is 9.92. The van der Waals surface area contributed by atoms with Crippen LogP contribution in [0.2, 0.25) is 0 Å². The topological polar surface area (TPSA) is 6.48 Å². The van der Waals surface area contributed by atoms with E-state index in [0.29, 0.717) is 0 Å². The van der Waals surface area contributed by atoms with Crippen molar-refractivity contribution in [2.24, 2.45) is 0 Å². The molecule has 0 amide bonds. The number of hydrogen-bond donors (Lipinski definition) is 0. The van der Waals surface area contributed by atoms with Gasteiger partial charge in [-0.2, -0.15) is 0 Å². The summed E-state index contributed by atoms with van der Waals surface area (Å²) in [6.07, 6.45) is 0. The molecule has 2 nitrogen and oxygen atoms in total. The minimum absolute atomic E-state index is 0.743. The molecule has 28 heavy (non-hydrogen) atoms. The van der Waals surface area contributed by atoms with Gasteiger partial charge in [0.05, 0.1) is 22.7 Å². The van der Waals surface area contributed by atoms with Gasteiger partial charge in [0.2, 0.25) is 0 Å². The van der Waals surface area contributed by atoms with Crippen LogP contribution >= 0.6 is 15.9 Å². The van der Waals surface area contributed by atoms with E-state index in [1.165, 1.54) is 0 Å². The number of rotatable bonds is 2. The number of halogens is 1. The number of para-hydroxylation sites is 4. The fraction of sp³-hybridized carbons (Fsp3) is 0. The quantitative estimate of drug-likeness (QED) is 0.300. The third kappa shape index (κ3) is 2.64. The third-order valence-electron chi connectivity index (χ3n) is 4.97. The molecule has 2 radical (unpaired) electrons. The first-order chi connectivity index (χ1) is 13.8. The summed E-state index contributed by atoms with van der Waals surface area (Å²) >= 11 is 3.79. The van der Waals surface area contributed by atoms with E-state index in [0.717, 1.165) is 44.1 Å². The van der Waals surface area contributed by atoms with E-state index < -0.39 is 0 Å². The Morgan fingerprint density at radius 2 is 1.04 bits per heavy atom.